The van der Waals surface area contributed by atoms with Gasteiger partial charge in [0.15, 0.2) is 17.2 Å². The molecule has 0 bridgehead atoms. The minimum Gasteiger partial charge on any atom is -0.507 e. The second kappa shape index (κ2) is 8.35. The molecule has 4 rings (SSSR count). The summed E-state index contributed by atoms with van der Waals surface area (Å²) in [4.78, 5) is 23.2. The Morgan fingerprint density at radius 3 is 2.74 bits per heavy atom. The second-order valence-corrected chi connectivity index (χ2v) is 6.94. The van der Waals surface area contributed by atoms with E-state index in [2.05, 4.69) is 5.16 Å². The number of carboxylic acid groups (broad SMARTS) is 1. The summed E-state index contributed by atoms with van der Waals surface area (Å²) in [5.74, 6) is -0.702. The molecule has 4 aromatic rings. The van der Waals surface area contributed by atoms with Gasteiger partial charge in [0.1, 0.15) is 23.7 Å². The van der Waals surface area contributed by atoms with Crippen LogP contribution in [0.2, 0.25) is 0 Å². The normalized spacial score (nSPS) is 11.0. The number of aromatic nitrogens is 2. The van der Waals surface area contributed by atoms with Crippen LogP contribution in [0.25, 0.3) is 22.2 Å². The topological polar surface area (TPSA) is 115 Å². The summed E-state index contributed by atoms with van der Waals surface area (Å²) in [6.07, 6.45) is 2.19. The first-order chi connectivity index (χ1) is 15.0. The molecular weight excluding hydrogens is 400 g/mol. The number of phenolic OH excluding ortho intramolecular Hbond substituents is 1. The molecule has 158 valence electrons. The molecule has 2 aromatic carbocycles. The molecule has 2 aromatic heterocycles. The zero-order chi connectivity index (χ0) is 22.0. The molecule has 0 aliphatic heterocycles. The molecule has 0 spiro atoms. The monoisotopic (exact) mass is 420 g/mol. The molecule has 0 amide bonds. The highest BCUT2D eigenvalue weighted by Gasteiger charge is 2.16. The van der Waals surface area contributed by atoms with Gasteiger partial charge in [0.05, 0.1) is 6.54 Å². The second-order valence-electron chi connectivity index (χ2n) is 6.94. The van der Waals surface area contributed by atoms with E-state index in [4.69, 9.17) is 14.4 Å². The van der Waals surface area contributed by atoms with Gasteiger partial charge in [-0.3, -0.25) is 4.79 Å². The molecule has 0 aliphatic carbocycles. The zero-order valence-electron chi connectivity index (χ0n) is 16.7. The fourth-order valence-electron chi connectivity index (χ4n) is 3.40. The van der Waals surface area contributed by atoms with Gasteiger partial charge < -0.3 is 24.0 Å². The summed E-state index contributed by atoms with van der Waals surface area (Å²) in [6.45, 7) is 2.52. The van der Waals surface area contributed by atoms with E-state index in [1.54, 1.807) is 19.1 Å². The van der Waals surface area contributed by atoms with Crippen molar-refractivity contribution in [1.82, 2.24) is 9.72 Å². The molecule has 0 saturated carbocycles. The van der Waals surface area contributed by atoms with Gasteiger partial charge in [0.25, 0.3) is 0 Å². The molecule has 0 unspecified atom stereocenters. The fraction of sp³-hybridized carbons (Fsp3) is 0.174. The van der Waals surface area contributed by atoms with Gasteiger partial charge >= 0.3 is 5.97 Å². The number of ketones is 1. The van der Waals surface area contributed by atoms with Crippen LogP contribution in [0.5, 0.6) is 11.5 Å². The van der Waals surface area contributed by atoms with Crippen molar-refractivity contribution in [2.45, 2.75) is 19.9 Å². The van der Waals surface area contributed by atoms with Crippen LogP contribution in [0.15, 0.2) is 59.3 Å². The Morgan fingerprint density at radius 2 is 2.00 bits per heavy atom. The minimum atomic E-state index is -1.15. The third kappa shape index (κ3) is 4.00. The van der Waals surface area contributed by atoms with Gasteiger partial charge in [-0.2, -0.15) is 0 Å². The van der Waals surface area contributed by atoms with Crippen molar-refractivity contribution in [1.29, 1.82) is 0 Å². The highest BCUT2D eigenvalue weighted by Crippen LogP contribution is 2.29. The average molecular weight is 420 g/mol. The van der Waals surface area contributed by atoms with Gasteiger partial charge in [-0.15, -0.1) is 0 Å². The molecule has 0 aliphatic rings. The Balaban J connectivity index is 1.54. The van der Waals surface area contributed by atoms with Crippen LogP contribution in [0.3, 0.4) is 0 Å². The van der Waals surface area contributed by atoms with Crippen molar-refractivity contribution >= 4 is 22.7 Å². The Hall–Kier alpha value is -4.07. The highest BCUT2D eigenvalue weighted by atomic mass is 16.5. The van der Waals surface area contributed by atoms with E-state index in [9.17, 15) is 14.7 Å². The number of rotatable bonds is 8. The number of carbonyl (C=O) groups is 2. The molecule has 2 N–H and O–H groups in total. The Morgan fingerprint density at radius 1 is 1.16 bits per heavy atom. The Kier molecular flexibility index (Phi) is 5.44. The van der Waals surface area contributed by atoms with E-state index in [0.717, 1.165) is 10.9 Å². The first kappa shape index (κ1) is 20.2. The number of fused-ring (bicyclic) bond motifs is 1. The van der Waals surface area contributed by atoms with Crippen LogP contribution in [0.1, 0.15) is 34.2 Å². The first-order valence-electron chi connectivity index (χ1n) is 9.75. The van der Waals surface area contributed by atoms with Gasteiger partial charge in [-0.25, -0.2) is 4.79 Å². The standard InChI is InChI=1S/C23H20N2O6/c1-2-18(26)22-19(27)4-3-5-20(22)30-11-10-25-9-8-14-6-7-15(12-17(14)25)21-13-16(23(28)29)24-31-21/h3-9,12-13,27H,2,10-11H2,1H3,(H,28,29). The predicted octanol–water partition coefficient (Wildman–Crippen LogP) is 4.37. The van der Waals surface area contributed by atoms with Crippen molar-refractivity contribution in [2.75, 3.05) is 6.61 Å². The number of nitrogens with zero attached hydrogens (tertiary/aromatic N) is 2. The van der Waals surface area contributed by atoms with Gasteiger partial charge in [-0.05, 0) is 29.7 Å². The van der Waals surface area contributed by atoms with Crippen molar-refractivity contribution in [3.05, 3.63) is 66.0 Å². The molecular formula is C23H20N2O6. The molecule has 31 heavy (non-hydrogen) atoms. The van der Waals surface area contributed by atoms with E-state index >= 15 is 0 Å². The number of Topliss-reactive ketones (excluding diaryl/α,β-unsaturated/α-hetero) is 1. The number of aromatic hydroxyl groups is 1. The SMILES string of the molecule is CCC(=O)c1c(O)cccc1OCCn1ccc2ccc(-c3cc(C(=O)O)no3)cc21. The van der Waals surface area contributed by atoms with Crippen molar-refractivity contribution in [2.24, 2.45) is 0 Å². The summed E-state index contributed by atoms with van der Waals surface area (Å²) >= 11 is 0. The predicted molar refractivity (Wildman–Crippen MR) is 113 cm³/mol. The number of carbonyl (C=O) groups excluding carboxylic acids is 1. The van der Waals surface area contributed by atoms with Crippen LogP contribution >= 0.6 is 0 Å². The summed E-state index contributed by atoms with van der Waals surface area (Å²) in [6, 6.07) is 13.8. The van der Waals surface area contributed by atoms with Crippen molar-refractivity contribution in [3.63, 3.8) is 0 Å². The van der Waals surface area contributed by atoms with Crippen LogP contribution in [-0.4, -0.2) is 38.3 Å². The number of carboxylic acids is 1. The van der Waals surface area contributed by atoms with E-state index in [1.165, 1.54) is 12.1 Å². The lowest BCUT2D eigenvalue weighted by atomic mass is 10.1. The molecule has 0 fully saturated rings. The molecule has 8 heteroatoms. The first-order valence-corrected chi connectivity index (χ1v) is 9.75. The zero-order valence-corrected chi connectivity index (χ0v) is 16.7. The maximum atomic E-state index is 12.1. The van der Waals surface area contributed by atoms with Crippen molar-refractivity contribution in [3.8, 4) is 22.8 Å². The number of aromatic carboxylic acids is 1. The number of phenols is 1. The highest BCUT2D eigenvalue weighted by molar-refractivity contribution is 6.01. The fourth-order valence-corrected chi connectivity index (χ4v) is 3.40. The Labute approximate surface area is 177 Å². The van der Waals surface area contributed by atoms with Gasteiger partial charge in [-0.1, -0.05) is 30.3 Å². The third-order valence-electron chi connectivity index (χ3n) is 4.98. The molecule has 2 heterocycles. The molecule has 0 radical (unpaired) electrons. The van der Waals surface area contributed by atoms with E-state index in [-0.39, 0.29) is 35.8 Å². The lowest BCUT2D eigenvalue weighted by molar-refractivity contribution is 0.0685. The lowest BCUT2D eigenvalue weighted by Gasteiger charge is -2.13. The Bertz CT molecular complexity index is 1270. The molecule has 8 nitrogen and oxygen atoms in total. The number of hydrogen-bond donors (Lipinski definition) is 2. The number of ether oxygens (including phenoxy) is 1. The smallest absolute Gasteiger partial charge is 0.358 e. The summed E-state index contributed by atoms with van der Waals surface area (Å²) in [5, 5.41) is 23.6. The quantitative estimate of drug-likeness (QED) is 0.407. The summed E-state index contributed by atoms with van der Waals surface area (Å²) in [7, 11) is 0. The van der Waals surface area contributed by atoms with Gasteiger partial charge in [0.2, 0.25) is 0 Å². The summed E-state index contributed by atoms with van der Waals surface area (Å²) in [5.41, 5.74) is 1.67. The van der Waals surface area contributed by atoms with Crippen LogP contribution < -0.4 is 4.74 Å². The average Bonchev–Trinajstić information content (AvgIpc) is 3.41. The molecule has 0 atom stereocenters. The van der Waals surface area contributed by atoms with Crippen LogP contribution in [-0.2, 0) is 6.54 Å². The summed E-state index contributed by atoms with van der Waals surface area (Å²) < 4.78 is 12.9. The third-order valence-corrected chi connectivity index (χ3v) is 4.98. The van der Waals surface area contributed by atoms with E-state index in [0.29, 0.717) is 23.6 Å². The largest absolute Gasteiger partial charge is 0.507 e. The number of benzene rings is 2. The van der Waals surface area contributed by atoms with Gasteiger partial charge in [0, 0.05) is 29.8 Å². The minimum absolute atomic E-state index is 0.0896. The van der Waals surface area contributed by atoms with E-state index < -0.39 is 5.97 Å². The lowest BCUT2D eigenvalue weighted by Crippen LogP contribution is -2.10. The number of hydrogen-bond acceptors (Lipinski definition) is 6. The van der Waals surface area contributed by atoms with Crippen LogP contribution in [0, 0.1) is 0 Å². The maximum absolute atomic E-state index is 12.1. The van der Waals surface area contributed by atoms with E-state index in [1.807, 2.05) is 35.0 Å². The maximum Gasteiger partial charge on any atom is 0.358 e. The van der Waals surface area contributed by atoms with Crippen molar-refractivity contribution < 1.29 is 29.1 Å². The molecule has 0 saturated heterocycles. The van der Waals surface area contributed by atoms with Crippen LogP contribution in [0.4, 0.5) is 0 Å².